The summed E-state index contributed by atoms with van der Waals surface area (Å²) in [7, 11) is 2.22. The fraction of sp³-hybridized carbons (Fsp3) is 0.636. The molecule has 5 nitrogen and oxygen atoms in total. The van der Waals surface area contributed by atoms with Crippen molar-refractivity contribution in [3.05, 3.63) is 39.3 Å². The Hall–Kier alpha value is -1.66. The van der Waals surface area contributed by atoms with Gasteiger partial charge in [0.25, 0.3) is 5.91 Å². The molecule has 28 heavy (non-hydrogen) atoms. The summed E-state index contributed by atoms with van der Waals surface area (Å²) in [6, 6.07) is 4.80. The van der Waals surface area contributed by atoms with Gasteiger partial charge in [-0.05, 0) is 57.5 Å². The molecule has 3 heterocycles. The van der Waals surface area contributed by atoms with Gasteiger partial charge in [0.15, 0.2) is 5.69 Å². The number of carbonyl (C=O) groups excluding carboxylic acids is 1. The number of carbonyl (C=O) groups is 1. The standard InChI is InChI=1S/C22H32N4OS/c1-3-26-20-11-10-17(24(2)16-18-9-8-14-28-18)15-19(20)21(23-26)22(27)25-12-6-4-5-7-13-25/h8-9,14,17H,3-7,10-13,15-16H2,1-2H3/t17-/m0/s1. The molecule has 4 rings (SSSR count). The number of aromatic nitrogens is 2. The molecule has 0 bridgehead atoms. The van der Waals surface area contributed by atoms with Gasteiger partial charge < -0.3 is 4.90 Å². The van der Waals surface area contributed by atoms with Crippen LogP contribution in [0.2, 0.25) is 0 Å². The Morgan fingerprint density at radius 2 is 2.07 bits per heavy atom. The van der Waals surface area contributed by atoms with Crippen LogP contribution in [0.15, 0.2) is 17.5 Å². The molecule has 2 aliphatic rings. The average molecular weight is 401 g/mol. The van der Waals surface area contributed by atoms with Gasteiger partial charge in [-0.15, -0.1) is 11.3 Å². The van der Waals surface area contributed by atoms with Gasteiger partial charge in [0, 0.05) is 48.4 Å². The number of fused-ring (bicyclic) bond motifs is 1. The van der Waals surface area contributed by atoms with E-state index in [0.717, 1.165) is 64.0 Å². The van der Waals surface area contributed by atoms with Crippen molar-refractivity contribution in [1.29, 1.82) is 0 Å². The Labute approximate surface area is 172 Å². The van der Waals surface area contributed by atoms with Crippen molar-refractivity contribution in [2.24, 2.45) is 0 Å². The first kappa shape index (κ1) is 19.6. The van der Waals surface area contributed by atoms with Gasteiger partial charge in [-0.1, -0.05) is 18.9 Å². The second-order valence-corrected chi connectivity index (χ2v) is 9.22. The van der Waals surface area contributed by atoms with Crippen LogP contribution in [-0.4, -0.2) is 51.7 Å². The molecule has 2 aromatic heterocycles. The van der Waals surface area contributed by atoms with Crippen LogP contribution in [0.25, 0.3) is 0 Å². The number of likely N-dealkylation sites (tertiary alicyclic amines) is 1. The highest BCUT2D eigenvalue weighted by Gasteiger charge is 2.32. The summed E-state index contributed by atoms with van der Waals surface area (Å²) >= 11 is 1.82. The molecule has 0 unspecified atom stereocenters. The van der Waals surface area contributed by atoms with Gasteiger partial charge in [-0.2, -0.15) is 5.10 Å². The minimum absolute atomic E-state index is 0.159. The lowest BCUT2D eigenvalue weighted by atomic mass is 9.90. The lowest BCUT2D eigenvalue weighted by Crippen LogP contribution is -2.37. The summed E-state index contributed by atoms with van der Waals surface area (Å²) in [4.78, 5) is 19.2. The zero-order valence-corrected chi connectivity index (χ0v) is 18.0. The largest absolute Gasteiger partial charge is 0.337 e. The van der Waals surface area contributed by atoms with Crippen molar-refractivity contribution >= 4 is 17.2 Å². The fourth-order valence-corrected chi connectivity index (χ4v) is 5.45. The molecule has 0 aromatic carbocycles. The first-order chi connectivity index (χ1) is 13.7. The highest BCUT2D eigenvalue weighted by atomic mass is 32.1. The SMILES string of the molecule is CCn1nc(C(=O)N2CCCCCC2)c2c1CC[C@H](N(C)Cc1cccs1)C2. The van der Waals surface area contributed by atoms with Crippen molar-refractivity contribution in [3.63, 3.8) is 0 Å². The Morgan fingerprint density at radius 1 is 1.29 bits per heavy atom. The van der Waals surface area contributed by atoms with E-state index in [1.165, 1.54) is 29.0 Å². The average Bonchev–Trinajstić information content (AvgIpc) is 3.26. The Bertz CT molecular complexity index is 790. The molecule has 1 atom stereocenters. The van der Waals surface area contributed by atoms with Crippen LogP contribution in [0.5, 0.6) is 0 Å². The maximum absolute atomic E-state index is 13.3. The van der Waals surface area contributed by atoms with Crippen LogP contribution in [0, 0.1) is 0 Å². The highest BCUT2D eigenvalue weighted by Crippen LogP contribution is 2.29. The van der Waals surface area contributed by atoms with E-state index in [1.807, 2.05) is 11.3 Å². The molecule has 1 saturated heterocycles. The van der Waals surface area contributed by atoms with E-state index in [-0.39, 0.29) is 5.91 Å². The van der Waals surface area contributed by atoms with Gasteiger partial charge in [0.1, 0.15) is 0 Å². The van der Waals surface area contributed by atoms with E-state index >= 15 is 0 Å². The predicted molar refractivity (Wildman–Crippen MR) is 114 cm³/mol. The Balaban J connectivity index is 1.55. The minimum atomic E-state index is 0.159. The molecule has 0 N–H and O–H groups in total. The highest BCUT2D eigenvalue weighted by molar-refractivity contribution is 7.09. The van der Waals surface area contributed by atoms with Crippen LogP contribution in [0.1, 0.15) is 65.7 Å². The molecular formula is C22H32N4OS. The van der Waals surface area contributed by atoms with Crippen molar-refractivity contribution in [3.8, 4) is 0 Å². The molecule has 0 saturated carbocycles. The zero-order valence-electron chi connectivity index (χ0n) is 17.2. The second kappa shape index (κ2) is 8.78. The molecule has 1 fully saturated rings. The van der Waals surface area contributed by atoms with Crippen LogP contribution in [0.4, 0.5) is 0 Å². The van der Waals surface area contributed by atoms with Crippen LogP contribution in [0.3, 0.4) is 0 Å². The lowest BCUT2D eigenvalue weighted by Gasteiger charge is -2.31. The fourth-order valence-electron chi connectivity index (χ4n) is 4.68. The summed E-state index contributed by atoms with van der Waals surface area (Å²) in [5.74, 6) is 0.159. The van der Waals surface area contributed by atoms with Gasteiger partial charge in [-0.25, -0.2) is 0 Å². The lowest BCUT2D eigenvalue weighted by molar-refractivity contribution is 0.0753. The molecule has 0 radical (unpaired) electrons. The summed E-state index contributed by atoms with van der Waals surface area (Å²) in [6.45, 7) is 5.71. The maximum atomic E-state index is 13.3. The number of thiophene rings is 1. The van der Waals surface area contributed by atoms with Gasteiger partial charge in [-0.3, -0.25) is 14.4 Å². The van der Waals surface area contributed by atoms with Gasteiger partial charge >= 0.3 is 0 Å². The Kier molecular flexibility index (Phi) is 6.16. The van der Waals surface area contributed by atoms with E-state index in [0.29, 0.717) is 6.04 Å². The molecule has 1 aliphatic heterocycles. The normalized spacial score (nSPS) is 20.2. The number of rotatable bonds is 5. The molecular weight excluding hydrogens is 368 g/mol. The van der Waals surface area contributed by atoms with Crippen molar-refractivity contribution in [1.82, 2.24) is 19.6 Å². The monoisotopic (exact) mass is 400 g/mol. The number of aryl methyl sites for hydroxylation is 1. The number of amides is 1. The van der Waals surface area contributed by atoms with E-state index in [1.54, 1.807) is 0 Å². The zero-order chi connectivity index (χ0) is 19.5. The van der Waals surface area contributed by atoms with Crippen LogP contribution >= 0.6 is 11.3 Å². The second-order valence-electron chi connectivity index (χ2n) is 8.19. The molecule has 2 aromatic rings. The summed E-state index contributed by atoms with van der Waals surface area (Å²) in [5, 5.41) is 6.94. The number of hydrogen-bond acceptors (Lipinski definition) is 4. The summed E-state index contributed by atoms with van der Waals surface area (Å²) in [5.41, 5.74) is 3.24. The number of hydrogen-bond donors (Lipinski definition) is 0. The Morgan fingerprint density at radius 3 is 2.75 bits per heavy atom. The number of nitrogens with zero attached hydrogens (tertiary/aromatic N) is 4. The molecule has 1 amide bonds. The van der Waals surface area contributed by atoms with Crippen LogP contribution in [-0.2, 0) is 25.9 Å². The third-order valence-corrected chi connectivity index (χ3v) is 7.19. The minimum Gasteiger partial charge on any atom is -0.337 e. The topological polar surface area (TPSA) is 41.4 Å². The molecule has 0 spiro atoms. The summed E-state index contributed by atoms with van der Waals surface area (Å²) in [6.07, 6.45) is 7.80. The maximum Gasteiger partial charge on any atom is 0.274 e. The van der Waals surface area contributed by atoms with E-state index in [2.05, 4.69) is 46.0 Å². The van der Waals surface area contributed by atoms with Crippen molar-refractivity contribution in [2.75, 3.05) is 20.1 Å². The van der Waals surface area contributed by atoms with Crippen molar-refractivity contribution < 1.29 is 4.79 Å². The number of likely N-dealkylation sites (N-methyl/N-ethyl adjacent to an activating group) is 1. The first-order valence-electron chi connectivity index (χ1n) is 10.8. The first-order valence-corrected chi connectivity index (χ1v) is 11.7. The van der Waals surface area contributed by atoms with Gasteiger partial charge in [0.05, 0.1) is 0 Å². The van der Waals surface area contributed by atoms with E-state index in [9.17, 15) is 4.79 Å². The third kappa shape index (κ3) is 4.03. The third-order valence-electron chi connectivity index (χ3n) is 6.32. The predicted octanol–water partition coefficient (Wildman–Crippen LogP) is 3.97. The quantitative estimate of drug-likeness (QED) is 0.763. The molecule has 152 valence electrons. The van der Waals surface area contributed by atoms with E-state index in [4.69, 9.17) is 5.10 Å². The van der Waals surface area contributed by atoms with Crippen LogP contribution < -0.4 is 0 Å². The smallest absolute Gasteiger partial charge is 0.274 e. The van der Waals surface area contributed by atoms with Crippen molar-refractivity contribution in [2.45, 2.75) is 71.0 Å². The van der Waals surface area contributed by atoms with Gasteiger partial charge in [0.2, 0.25) is 0 Å². The molecule has 1 aliphatic carbocycles. The molecule has 6 heteroatoms. The summed E-state index contributed by atoms with van der Waals surface area (Å²) < 4.78 is 2.08. The van der Waals surface area contributed by atoms with E-state index < -0.39 is 0 Å².